The molecule has 0 spiro atoms. The minimum Gasteiger partial charge on any atom is -0.497 e. The van der Waals surface area contributed by atoms with Gasteiger partial charge in [-0.25, -0.2) is 4.98 Å². The van der Waals surface area contributed by atoms with Gasteiger partial charge in [0, 0.05) is 24.1 Å². The molecule has 0 aliphatic rings. The molecule has 5 nitrogen and oxygen atoms in total. The molecule has 1 heterocycles. The van der Waals surface area contributed by atoms with Gasteiger partial charge >= 0.3 is 0 Å². The first kappa shape index (κ1) is 22.0. The number of hydrogen-bond acceptors (Lipinski definition) is 4. The number of methoxy groups -OCH3 is 2. The number of imidazole rings is 1. The molecule has 0 bridgehead atoms. The molecule has 6 heteroatoms. The molecule has 0 saturated carbocycles. The van der Waals surface area contributed by atoms with Gasteiger partial charge in [0.05, 0.1) is 30.9 Å². The maximum absolute atomic E-state index is 6.21. The highest BCUT2D eigenvalue weighted by Crippen LogP contribution is 2.37. The number of fused-ring (bicyclic) bond motifs is 1. The zero-order valence-electron chi connectivity index (χ0n) is 19.1. The maximum atomic E-state index is 6.21. The van der Waals surface area contributed by atoms with Crippen molar-refractivity contribution in [3.8, 4) is 11.5 Å². The Balaban J connectivity index is 1.79. The van der Waals surface area contributed by atoms with Crippen molar-refractivity contribution >= 4 is 34.3 Å². The third kappa shape index (κ3) is 4.00. The Morgan fingerprint density at radius 2 is 1.81 bits per heavy atom. The molecule has 0 aliphatic carbocycles. The largest absolute Gasteiger partial charge is 0.497 e. The predicted octanol–water partition coefficient (Wildman–Crippen LogP) is 6.84. The number of benzene rings is 3. The Hall–Kier alpha value is -3.18. The maximum Gasteiger partial charge on any atom is 0.208 e. The average Bonchev–Trinajstić information content (AvgIpc) is 3.12. The van der Waals surface area contributed by atoms with Crippen LogP contribution in [0.5, 0.6) is 11.5 Å². The fourth-order valence-corrected chi connectivity index (χ4v) is 4.57. The van der Waals surface area contributed by atoms with Gasteiger partial charge in [-0.15, -0.1) is 0 Å². The molecule has 4 aromatic rings. The summed E-state index contributed by atoms with van der Waals surface area (Å²) in [5.41, 5.74) is 6.42. The molecule has 3 aromatic carbocycles. The number of rotatable bonds is 7. The summed E-state index contributed by atoms with van der Waals surface area (Å²) in [6, 6.07) is 18.4. The van der Waals surface area contributed by atoms with E-state index >= 15 is 0 Å². The lowest BCUT2D eigenvalue weighted by Crippen LogP contribution is -2.05. The SMILES string of the molecule is CCC(c1ccc(OC)cc1)c1cccc2nc(Nc3c(C)cc(Cl)cc3OC)n(C)c12. The smallest absolute Gasteiger partial charge is 0.208 e. The van der Waals surface area contributed by atoms with E-state index in [-0.39, 0.29) is 5.92 Å². The standard InChI is InChI=1S/C26H28ClN3O2/c1-6-20(17-10-12-19(31-4)13-11-17)21-8-7-9-22-25(21)30(3)26(28-22)29-24-16(2)14-18(27)15-23(24)32-5/h7-15,20H,6H2,1-5H3,(H,28,29). The van der Waals surface area contributed by atoms with E-state index in [1.807, 2.05) is 38.2 Å². The second-order valence-corrected chi connectivity index (χ2v) is 8.30. The van der Waals surface area contributed by atoms with Crippen molar-refractivity contribution in [2.24, 2.45) is 7.05 Å². The van der Waals surface area contributed by atoms with Crippen molar-refractivity contribution in [2.45, 2.75) is 26.2 Å². The van der Waals surface area contributed by atoms with Gasteiger partial charge in [-0.1, -0.05) is 42.8 Å². The summed E-state index contributed by atoms with van der Waals surface area (Å²) in [5.74, 6) is 2.55. The predicted molar refractivity (Wildman–Crippen MR) is 132 cm³/mol. The number of anilines is 2. The van der Waals surface area contributed by atoms with E-state index in [0.29, 0.717) is 10.8 Å². The van der Waals surface area contributed by atoms with Crippen LogP contribution < -0.4 is 14.8 Å². The monoisotopic (exact) mass is 449 g/mol. The Bertz CT molecular complexity index is 1250. The van der Waals surface area contributed by atoms with Crippen LogP contribution in [-0.2, 0) is 7.05 Å². The zero-order chi connectivity index (χ0) is 22.8. The second kappa shape index (κ2) is 9.13. The Labute approximate surface area is 194 Å². The normalized spacial score (nSPS) is 12.1. The van der Waals surface area contributed by atoms with Gasteiger partial charge in [-0.05, 0) is 54.3 Å². The van der Waals surface area contributed by atoms with E-state index in [9.17, 15) is 0 Å². The average molecular weight is 450 g/mol. The minimum absolute atomic E-state index is 0.250. The van der Waals surface area contributed by atoms with Crippen LogP contribution >= 0.6 is 11.6 Å². The van der Waals surface area contributed by atoms with Crippen LogP contribution in [0.3, 0.4) is 0 Å². The lowest BCUT2D eigenvalue weighted by Gasteiger charge is -2.19. The number of nitrogens with zero attached hydrogens (tertiary/aromatic N) is 2. The lowest BCUT2D eigenvalue weighted by molar-refractivity contribution is 0.414. The molecule has 1 N–H and O–H groups in total. The van der Waals surface area contributed by atoms with Crippen LogP contribution in [0.4, 0.5) is 11.6 Å². The third-order valence-electron chi connectivity index (χ3n) is 5.95. The lowest BCUT2D eigenvalue weighted by atomic mass is 9.88. The van der Waals surface area contributed by atoms with E-state index in [1.165, 1.54) is 11.1 Å². The van der Waals surface area contributed by atoms with Crippen molar-refractivity contribution in [1.82, 2.24) is 9.55 Å². The number of halogens is 1. The highest BCUT2D eigenvalue weighted by molar-refractivity contribution is 6.31. The topological polar surface area (TPSA) is 48.3 Å². The quantitative estimate of drug-likeness (QED) is 0.335. The summed E-state index contributed by atoms with van der Waals surface area (Å²) in [6.45, 7) is 4.22. The molecule has 1 unspecified atom stereocenters. The first-order chi connectivity index (χ1) is 15.5. The minimum atomic E-state index is 0.250. The molecule has 0 fully saturated rings. The van der Waals surface area contributed by atoms with Gasteiger partial charge in [0.2, 0.25) is 5.95 Å². The van der Waals surface area contributed by atoms with Crippen LogP contribution in [0.1, 0.15) is 36.0 Å². The molecular formula is C26H28ClN3O2. The summed E-state index contributed by atoms with van der Waals surface area (Å²) in [7, 11) is 5.37. The summed E-state index contributed by atoms with van der Waals surface area (Å²) < 4.78 is 13.0. The molecule has 0 amide bonds. The van der Waals surface area contributed by atoms with Crippen LogP contribution in [-0.4, -0.2) is 23.8 Å². The van der Waals surface area contributed by atoms with Gasteiger partial charge in [-0.3, -0.25) is 0 Å². The Morgan fingerprint density at radius 3 is 2.47 bits per heavy atom. The molecule has 0 radical (unpaired) electrons. The molecular weight excluding hydrogens is 422 g/mol. The molecule has 1 aromatic heterocycles. The number of ether oxygens (including phenoxy) is 2. The number of aromatic nitrogens is 2. The second-order valence-electron chi connectivity index (χ2n) is 7.87. The van der Waals surface area contributed by atoms with Crippen molar-refractivity contribution in [2.75, 3.05) is 19.5 Å². The highest BCUT2D eigenvalue weighted by Gasteiger charge is 2.20. The molecule has 1 atom stereocenters. The van der Waals surface area contributed by atoms with Crippen LogP contribution in [0.15, 0.2) is 54.6 Å². The van der Waals surface area contributed by atoms with Gasteiger partial charge in [-0.2, -0.15) is 0 Å². The summed E-state index contributed by atoms with van der Waals surface area (Å²) in [6.07, 6.45) is 0.976. The van der Waals surface area contributed by atoms with Crippen LogP contribution in [0.2, 0.25) is 5.02 Å². The summed E-state index contributed by atoms with van der Waals surface area (Å²) in [5, 5.41) is 4.11. The van der Waals surface area contributed by atoms with E-state index in [4.69, 9.17) is 26.1 Å². The van der Waals surface area contributed by atoms with Crippen molar-refractivity contribution < 1.29 is 9.47 Å². The fourth-order valence-electron chi connectivity index (χ4n) is 4.31. The number of para-hydroxylation sites is 1. The zero-order valence-corrected chi connectivity index (χ0v) is 19.8. The van der Waals surface area contributed by atoms with Crippen molar-refractivity contribution in [3.63, 3.8) is 0 Å². The molecule has 166 valence electrons. The number of aryl methyl sites for hydroxylation is 2. The van der Waals surface area contributed by atoms with E-state index < -0.39 is 0 Å². The van der Waals surface area contributed by atoms with Gasteiger partial charge in [0.1, 0.15) is 11.5 Å². The molecule has 0 saturated heterocycles. The van der Waals surface area contributed by atoms with E-state index in [2.05, 4.69) is 47.1 Å². The fraction of sp³-hybridized carbons (Fsp3) is 0.269. The summed E-state index contributed by atoms with van der Waals surface area (Å²) >= 11 is 6.21. The summed E-state index contributed by atoms with van der Waals surface area (Å²) in [4.78, 5) is 4.89. The van der Waals surface area contributed by atoms with Crippen LogP contribution in [0, 0.1) is 6.92 Å². The molecule has 32 heavy (non-hydrogen) atoms. The van der Waals surface area contributed by atoms with Gasteiger partial charge in [0.25, 0.3) is 0 Å². The van der Waals surface area contributed by atoms with Crippen molar-refractivity contribution in [3.05, 3.63) is 76.3 Å². The number of hydrogen-bond donors (Lipinski definition) is 1. The highest BCUT2D eigenvalue weighted by atomic mass is 35.5. The van der Waals surface area contributed by atoms with Crippen LogP contribution in [0.25, 0.3) is 11.0 Å². The first-order valence-electron chi connectivity index (χ1n) is 10.7. The molecule has 0 aliphatic heterocycles. The third-order valence-corrected chi connectivity index (χ3v) is 6.17. The van der Waals surface area contributed by atoms with E-state index in [0.717, 1.165) is 40.4 Å². The van der Waals surface area contributed by atoms with Crippen molar-refractivity contribution in [1.29, 1.82) is 0 Å². The Kier molecular flexibility index (Phi) is 6.28. The van der Waals surface area contributed by atoms with E-state index in [1.54, 1.807) is 14.2 Å². The first-order valence-corrected chi connectivity index (χ1v) is 11.0. The number of nitrogens with one attached hydrogen (secondary N) is 1. The van der Waals surface area contributed by atoms with Gasteiger partial charge in [0.15, 0.2) is 0 Å². The Morgan fingerprint density at radius 1 is 1.06 bits per heavy atom. The van der Waals surface area contributed by atoms with Gasteiger partial charge < -0.3 is 19.4 Å². The molecule has 4 rings (SSSR count).